The van der Waals surface area contributed by atoms with Gasteiger partial charge in [-0.3, -0.25) is 9.36 Å². The van der Waals surface area contributed by atoms with Crippen LogP contribution in [0.1, 0.15) is 31.1 Å². The number of rotatable bonds is 3. The SMILES string of the molecule is CC(=O)c1ccc2c(c1)oc(=O)n2C(C)(C)CN. The van der Waals surface area contributed by atoms with Gasteiger partial charge in [0.05, 0.1) is 11.1 Å². The number of ketones is 1. The molecule has 5 heteroatoms. The second-order valence-corrected chi connectivity index (χ2v) is 4.96. The highest BCUT2D eigenvalue weighted by molar-refractivity contribution is 5.96. The molecule has 0 spiro atoms. The van der Waals surface area contributed by atoms with Crippen LogP contribution in [0.5, 0.6) is 0 Å². The van der Waals surface area contributed by atoms with Crippen LogP contribution in [0, 0.1) is 0 Å². The molecule has 0 saturated carbocycles. The third kappa shape index (κ3) is 1.86. The number of hydrogen-bond acceptors (Lipinski definition) is 4. The average molecular weight is 248 g/mol. The number of aromatic nitrogens is 1. The molecule has 1 heterocycles. The van der Waals surface area contributed by atoms with E-state index in [2.05, 4.69) is 0 Å². The zero-order valence-corrected chi connectivity index (χ0v) is 10.7. The van der Waals surface area contributed by atoms with Gasteiger partial charge in [-0.1, -0.05) is 0 Å². The number of benzene rings is 1. The van der Waals surface area contributed by atoms with Crippen molar-refractivity contribution in [2.75, 3.05) is 6.54 Å². The van der Waals surface area contributed by atoms with Gasteiger partial charge in [-0.05, 0) is 39.0 Å². The van der Waals surface area contributed by atoms with E-state index < -0.39 is 11.3 Å². The second-order valence-electron chi connectivity index (χ2n) is 4.96. The predicted octanol–water partition coefficient (Wildman–Crippen LogP) is 1.49. The lowest BCUT2D eigenvalue weighted by atomic mass is 10.1. The van der Waals surface area contributed by atoms with Crippen LogP contribution >= 0.6 is 0 Å². The average Bonchev–Trinajstić information content (AvgIpc) is 2.64. The van der Waals surface area contributed by atoms with Crippen LogP contribution in [-0.4, -0.2) is 16.9 Å². The van der Waals surface area contributed by atoms with Gasteiger partial charge in [-0.2, -0.15) is 0 Å². The van der Waals surface area contributed by atoms with Gasteiger partial charge in [0.1, 0.15) is 0 Å². The summed E-state index contributed by atoms with van der Waals surface area (Å²) >= 11 is 0. The minimum atomic E-state index is -0.528. The molecular weight excluding hydrogens is 232 g/mol. The summed E-state index contributed by atoms with van der Waals surface area (Å²) in [6.45, 7) is 5.51. The van der Waals surface area contributed by atoms with Crippen molar-refractivity contribution >= 4 is 16.9 Å². The Labute approximate surface area is 104 Å². The molecule has 1 aromatic carbocycles. The molecule has 0 saturated heterocycles. The number of nitrogens with zero attached hydrogens (tertiary/aromatic N) is 1. The number of Topliss-reactive ketones (excluding diaryl/α,β-unsaturated/α-hetero) is 1. The zero-order chi connectivity index (χ0) is 13.5. The third-order valence-electron chi connectivity index (χ3n) is 3.09. The lowest BCUT2D eigenvalue weighted by molar-refractivity contribution is 0.101. The maximum absolute atomic E-state index is 11.9. The normalized spacial score (nSPS) is 12.0. The van der Waals surface area contributed by atoms with Gasteiger partial charge >= 0.3 is 5.76 Å². The van der Waals surface area contributed by atoms with Crippen molar-refractivity contribution in [3.8, 4) is 0 Å². The fourth-order valence-electron chi connectivity index (χ4n) is 1.90. The molecule has 96 valence electrons. The highest BCUT2D eigenvalue weighted by Crippen LogP contribution is 2.21. The first-order chi connectivity index (χ1) is 8.36. The molecule has 0 atom stereocenters. The van der Waals surface area contributed by atoms with Gasteiger partial charge in [0.15, 0.2) is 11.4 Å². The van der Waals surface area contributed by atoms with Crippen LogP contribution in [0.15, 0.2) is 27.4 Å². The summed E-state index contributed by atoms with van der Waals surface area (Å²) < 4.78 is 6.70. The molecule has 0 fully saturated rings. The van der Waals surface area contributed by atoms with Gasteiger partial charge in [-0.25, -0.2) is 4.79 Å². The van der Waals surface area contributed by atoms with Gasteiger partial charge in [-0.15, -0.1) is 0 Å². The Bertz CT molecular complexity index is 664. The first-order valence-corrected chi connectivity index (χ1v) is 5.74. The van der Waals surface area contributed by atoms with Crippen molar-refractivity contribution in [2.45, 2.75) is 26.3 Å². The highest BCUT2D eigenvalue weighted by atomic mass is 16.4. The van der Waals surface area contributed by atoms with Crippen molar-refractivity contribution in [3.05, 3.63) is 34.3 Å². The van der Waals surface area contributed by atoms with Crippen molar-refractivity contribution in [1.29, 1.82) is 0 Å². The molecule has 0 aliphatic rings. The van der Waals surface area contributed by atoms with Crippen molar-refractivity contribution in [3.63, 3.8) is 0 Å². The molecule has 18 heavy (non-hydrogen) atoms. The summed E-state index contributed by atoms with van der Waals surface area (Å²) in [5, 5.41) is 0. The number of nitrogens with two attached hydrogens (primary N) is 1. The van der Waals surface area contributed by atoms with Crippen molar-refractivity contribution in [1.82, 2.24) is 4.57 Å². The van der Waals surface area contributed by atoms with Crippen molar-refractivity contribution in [2.24, 2.45) is 5.73 Å². The predicted molar refractivity (Wildman–Crippen MR) is 68.9 cm³/mol. The molecule has 2 rings (SSSR count). The van der Waals surface area contributed by atoms with Gasteiger partial charge in [0.25, 0.3) is 0 Å². The number of fused-ring (bicyclic) bond motifs is 1. The number of carbonyl (C=O) groups excluding carboxylic acids is 1. The van der Waals surface area contributed by atoms with Gasteiger partial charge in [0.2, 0.25) is 0 Å². The minimum absolute atomic E-state index is 0.0645. The van der Waals surface area contributed by atoms with Gasteiger partial charge < -0.3 is 10.2 Å². The van der Waals surface area contributed by atoms with Crippen LogP contribution in [0.2, 0.25) is 0 Å². The Kier molecular flexibility index (Phi) is 2.86. The molecule has 0 aliphatic carbocycles. The largest absolute Gasteiger partial charge is 0.420 e. The van der Waals surface area contributed by atoms with E-state index in [1.54, 1.807) is 18.2 Å². The molecule has 0 radical (unpaired) electrons. The van der Waals surface area contributed by atoms with Crippen LogP contribution in [0.4, 0.5) is 0 Å². The summed E-state index contributed by atoms with van der Waals surface area (Å²) in [6.07, 6.45) is 0. The molecule has 0 aliphatic heterocycles. The van der Waals surface area contributed by atoms with E-state index in [-0.39, 0.29) is 5.78 Å². The van der Waals surface area contributed by atoms with Crippen LogP contribution in [-0.2, 0) is 5.54 Å². The van der Waals surface area contributed by atoms with E-state index in [4.69, 9.17) is 10.2 Å². The second kappa shape index (κ2) is 4.10. The molecule has 1 aromatic heterocycles. The molecule has 5 nitrogen and oxygen atoms in total. The lowest BCUT2D eigenvalue weighted by Gasteiger charge is -2.23. The summed E-state index contributed by atoms with van der Waals surface area (Å²) in [7, 11) is 0. The van der Waals surface area contributed by atoms with Crippen LogP contribution in [0.3, 0.4) is 0 Å². The highest BCUT2D eigenvalue weighted by Gasteiger charge is 2.24. The van der Waals surface area contributed by atoms with Gasteiger partial charge in [0, 0.05) is 12.1 Å². The number of carbonyl (C=O) groups is 1. The lowest BCUT2D eigenvalue weighted by Crippen LogP contribution is -2.40. The Morgan fingerprint density at radius 2 is 2.11 bits per heavy atom. The van der Waals surface area contributed by atoms with E-state index in [1.807, 2.05) is 13.8 Å². The summed E-state index contributed by atoms with van der Waals surface area (Å²) in [6, 6.07) is 4.99. The summed E-state index contributed by atoms with van der Waals surface area (Å²) in [5.74, 6) is -0.522. The maximum atomic E-state index is 11.9. The van der Waals surface area contributed by atoms with E-state index in [9.17, 15) is 9.59 Å². The van der Waals surface area contributed by atoms with E-state index in [0.717, 1.165) is 0 Å². The van der Waals surface area contributed by atoms with Crippen molar-refractivity contribution < 1.29 is 9.21 Å². The number of hydrogen-bond donors (Lipinski definition) is 1. The monoisotopic (exact) mass is 248 g/mol. The molecular formula is C13H16N2O3. The fourth-order valence-corrected chi connectivity index (χ4v) is 1.90. The standard InChI is InChI=1S/C13H16N2O3/c1-8(16)9-4-5-10-11(6-9)18-12(17)15(10)13(2,3)7-14/h4-6H,7,14H2,1-3H3. The quantitative estimate of drug-likeness (QED) is 0.835. The smallest absolute Gasteiger partial charge is 0.408 e. The Balaban J connectivity index is 2.74. The van der Waals surface area contributed by atoms with Crippen LogP contribution < -0.4 is 11.5 Å². The summed E-state index contributed by atoms with van der Waals surface area (Å²) in [5.41, 5.74) is 6.74. The molecule has 0 bridgehead atoms. The van der Waals surface area contributed by atoms with E-state index in [0.29, 0.717) is 23.2 Å². The maximum Gasteiger partial charge on any atom is 0.420 e. The first kappa shape index (κ1) is 12.6. The molecule has 0 unspecified atom stereocenters. The minimum Gasteiger partial charge on any atom is -0.408 e. The Hall–Kier alpha value is -1.88. The molecule has 2 aromatic rings. The third-order valence-corrected chi connectivity index (χ3v) is 3.09. The zero-order valence-electron chi connectivity index (χ0n) is 10.7. The topological polar surface area (TPSA) is 78.2 Å². The summed E-state index contributed by atoms with van der Waals surface area (Å²) in [4.78, 5) is 23.2. The number of oxazole rings is 1. The molecule has 0 amide bonds. The first-order valence-electron chi connectivity index (χ1n) is 5.74. The van der Waals surface area contributed by atoms with E-state index >= 15 is 0 Å². The fraction of sp³-hybridized carbons (Fsp3) is 0.385. The van der Waals surface area contributed by atoms with E-state index in [1.165, 1.54) is 11.5 Å². The van der Waals surface area contributed by atoms with Crippen LogP contribution in [0.25, 0.3) is 11.1 Å². The molecule has 2 N–H and O–H groups in total. The Morgan fingerprint density at radius 3 is 2.67 bits per heavy atom. The Morgan fingerprint density at radius 1 is 1.44 bits per heavy atom.